The highest BCUT2D eigenvalue weighted by molar-refractivity contribution is 5.76. The molecule has 0 fully saturated rings. The summed E-state index contributed by atoms with van der Waals surface area (Å²) in [4.78, 5) is 13.8. The average molecular weight is 229 g/mol. The van der Waals surface area contributed by atoms with Crippen molar-refractivity contribution < 1.29 is 9.90 Å². The van der Waals surface area contributed by atoms with Crippen LogP contribution in [-0.2, 0) is 4.79 Å². The van der Waals surface area contributed by atoms with Gasteiger partial charge in [0, 0.05) is 19.5 Å². The first-order valence-electron chi connectivity index (χ1n) is 6.50. The number of hydrogen-bond donors (Lipinski definition) is 1. The van der Waals surface area contributed by atoms with Crippen molar-refractivity contribution in [3.05, 3.63) is 0 Å². The fourth-order valence-electron chi connectivity index (χ4n) is 1.76. The summed E-state index contributed by atoms with van der Waals surface area (Å²) in [6.07, 6.45) is 2.90. The molecule has 0 radical (unpaired) electrons. The zero-order chi connectivity index (χ0) is 12.6. The molecule has 16 heavy (non-hydrogen) atoms. The Bertz CT molecular complexity index is 188. The van der Waals surface area contributed by atoms with E-state index in [0.717, 1.165) is 25.9 Å². The number of carbonyl (C=O) groups is 1. The third kappa shape index (κ3) is 6.11. The van der Waals surface area contributed by atoms with Crippen LogP contribution in [0.5, 0.6) is 0 Å². The highest BCUT2D eigenvalue weighted by Gasteiger charge is 2.15. The van der Waals surface area contributed by atoms with Crippen molar-refractivity contribution in [1.29, 1.82) is 0 Å². The van der Waals surface area contributed by atoms with Crippen LogP contribution in [0.4, 0.5) is 0 Å². The summed E-state index contributed by atoms with van der Waals surface area (Å²) in [6, 6.07) is 0. The minimum Gasteiger partial charge on any atom is -0.393 e. The smallest absolute Gasteiger partial charge is 0.222 e. The molecule has 0 rings (SSSR count). The molecule has 0 bridgehead atoms. The molecule has 1 unspecified atom stereocenters. The van der Waals surface area contributed by atoms with Crippen LogP contribution in [0.25, 0.3) is 0 Å². The Labute approximate surface area is 99.8 Å². The summed E-state index contributed by atoms with van der Waals surface area (Å²) < 4.78 is 0. The summed E-state index contributed by atoms with van der Waals surface area (Å²) in [5.74, 6) is 0.783. The largest absolute Gasteiger partial charge is 0.393 e. The summed E-state index contributed by atoms with van der Waals surface area (Å²) in [5, 5.41) is 9.16. The van der Waals surface area contributed by atoms with Gasteiger partial charge in [-0.1, -0.05) is 26.7 Å². The summed E-state index contributed by atoms with van der Waals surface area (Å²) in [6.45, 7) is 9.72. The maximum absolute atomic E-state index is 11.9. The van der Waals surface area contributed by atoms with Crippen LogP contribution in [-0.4, -0.2) is 35.1 Å². The van der Waals surface area contributed by atoms with E-state index < -0.39 is 0 Å². The molecule has 0 aromatic rings. The van der Waals surface area contributed by atoms with Gasteiger partial charge >= 0.3 is 0 Å². The molecule has 0 aromatic heterocycles. The minimum atomic E-state index is -0.379. The van der Waals surface area contributed by atoms with Gasteiger partial charge in [0.15, 0.2) is 0 Å². The van der Waals surface area contributed by atoms with E-state index in [1.165, 1.54) is 0 Å². The van der Waals surface area contributed by atoms with Gasteiger partial charge < -0.3 is 10.0 Å². The molecule has 0 saturated carbocycles. The standard InChI is InChI=1S/C13H27NO2/c1-5-12(6-2)10-14(7-3)13(16)9-8-11(4)15/h11-12,15H,5-10H2,1-4H3. The zero-order valence-electron chi connectivity index (χ0n) is 11.2. The molecule has 96 valence electrons. The number of hydrogen-bond acceptors (Lipinski definition) is 2. The van der Waals surface area contributed by atoms with Gasteiger partial charge in [0.1, 0.15) is 0 Å². The SMILES string of the molecule is CCC(CC)CN(CC)C(=O)CCC(C)O. The number of rotatable bonds is 8. The molecule has 1 atom stereocenters. The van der Waals surface area contributed by atoms with Gasteiger partial charge in [-0.05, 0) is 26.2 Å². The van der Waals surface area contributed by atoms with Gasteiger partial charge in [0.2, 0.25) is 5.91 Å². The van der Waals surface area contributed by atoms with Crippen molar-refractivity contribution in [2.45, 2.75) is 59.5 Å². The molecule has 3 heteroatoms. The van der Waals surface area contributed by atoms with E-state index in [-0.39, 0.29) is 12.0 Å². The van der Waals surface area contributed by atoms with E-state index in [4.69, 9.17) is 5.11 Å². The van der Waals surface area contributed by atoms with Gasteiger partial charge in [-0.25, -0.2) is 0 Å². The van der Waals surface area contributed by atoms with E-state index in [0.29, 0.717) is 18.8 Å². The van der Waals surface area contributed by atoms with Gasteiger partial charge in [-0.15, -0.1) is 0 Å². The predicted octanol–water partition coefficient (Wildman–Crippen LogP) is 2.43. The second-order valence-corrected chi connectivity index (χ2v) is 4.50. The minimum absolute atomic E-state index is 0.176. The topological polar surface area (TPSA) is 40.5 Å². The summed E-state index contributed by atoms with van der Waals surface area (Å²) >= 11 is 0. The Kier molecular flexibility index (Phi) is 8.26. The molecule has 0 spiro atoms. The van der Waals surface area contributed by atoms with Crippen molar-refractivity contribution in [1.82, 2.24) is 4.90 Å². The summed E-state index contributed by atoms with van der Waals surface area (Å²) in [7, 11) is 0. The van der Waals surface area contributed by atoms with Crippen molar-refractivity contribution in [3.8, 4) is 0 Å². The molecule has 3 nitrogen and oxygen atoms in total. The van der Waals surface area contributed by atoms with Crippen LogP contribution in [0.3, 0.4) is 0 Å². The lowest BCUT2D eigenvalue weighted by atomic mass is 10.0. The molecular weight excluding hydrogens is 202 g/mol. The zero-order valence-corrected chi connectivity index (χ0v) is 11.2. The molecule has 0 aliphatic heterocycles. The number of amides is 1. The number of nitrogens with zero attached hydrogens (tertiary/aromatic N) is 1. The normalized spacial score (nSPS) is 12.9. The monoisotopic (exact) mass is 229 g/mol. The van der Waals surface area contributed by atoms with Crippen LogP contribution in [0.1, 0.15) is 53.4 Å². The maximum Gasteiger partial charge on any atom is 0.222 e. The van der Waals surface area contributed by atoms with E-state index >= 15 is 0 Å². The van der Waals surface area contributed by atoms with Crippen molar-refractivity contribution in [3.63, 3.8) is 0 Å². The Balaban J connectivity index is 4.10. The first kappa shape index (κ1) is 15.4. The lowest BCUT2D eigenvalue weighted by Crippen LogP contribution is -2.35. The first-order chi connectivity index (χ1) is 7.54. The molecule has 1 N–H and O–H groups in total. The molecule has 0 heterocycles. The highest BCUT2D eigenvalue weighted by atomic mass is 16.3. The Hall–Kier alpha value is -0.570. The summed E-state index contributed by atoms with van der Waals surface area (Å²) in [5.41, 5.74) is 0. The van der Waals surface area contributed by atoms with E-state index in [1.807, 2.05) is 11.8 Å². The van der Waals surface area contributed by atoms with Crippen LogP contribution < -0.4 is 0 Å². The first-order valence-corrected chi connectivity index (χ1v) is 6.50. The predicted molar refractivity (Wildman–Crippen MR) is 67.2 cm³/mol. The number of carbonyl (C=O) groups excluding carboxylic acids is 1. The highest BCUT2D eigenvalue weighted by Crippen LogP contribution is 2.11. The van der Waals surface area contributed by atoms with E-state index in [2.05, 4.69) is 13.8 Å². The molecule has 0 saturated heterocycles. The van der Waals surface area contributed by atoms with Gasteiger partial charge in [-0.3, -0.25) is 4.79 Å². The third-order valence-corrected chi connectivity index (χ3v) is 3.14. The quantitative estimate of drug-likeness (QED) is 0.694. The maximum atomic E-state index is 11.9. The Morgan fingerprint density at radius 1 is 1.25 bits per heavy atom. The molecule has 0 aromatic carbocycles. The van der Waals surface area contributed by atoms with Crippen LogP contribution >= 0.6 is 0 Å². The molecule has 0 aliphatic carbocycles. The van der Waals surface area contributed by atoms with Gasteiger partial charge in [0.25, 0.3) is 0 Å². The van der Waals surface area contributed by atoms with Gasteiger partial charge in [-0.2, -0.15) is 0 Å². The van der Waals surface area contributed by atoms with Gasteiger partial charge in [0.05, 0.1) is 6.10 Å². The Morgan fingerprint density at radius 3 is 2.19 bits per heavy atom. The fourth-order valence-corrected chi connectivity index (χ4v) is 1.76. The molecular formula is C13H27NO2. The second kappa shape index (κ2) is 8.57. The van der Waals surface area contributed by atoms with Crippen LogP contribution in [0.2, 0.25) is 0 Å². The van der Waals surface area contributed by atoms with Crippen molar-refractivity contribution in [2.24, 2.45) is 5.92 Å². The number of aliphatic hydroxyl groups is 1. The number of aliphatic hydroxyl groups excluding tert-OH is 1. The van der Waals surface area contributed by atoms with E-state index in [9.17, 15) is 4.79 Å². The lowest BCUT2D eigenvalue weighted by molar-refractivity contribution is -0.132. The molecule has 0 aliphatic rings. The Morgan fingerprint density at radius 2 is 1.81 bits per heavy atom. The molecule has 1 amide bonds. The van der Waals surface area contributed by atoms with E-state index in [1.54, 1.807) is 6.92 Å². The fraction of sp³-hybridized carbons (Fsp3) is 0.923. The lowest BCUT2D eigenvalue weighted by Gasteiger charge is -2.25. The van der Waals surface area contributed by atoms with Crippen LogP contribution in [0.15, 0.2) is 0 Å². The van der Waals surface area contributed by atoms with Crippen molar-refractivity contribution >= 4 is 5.91 Å². The van der Waals surface area contributed by atoms with Crippen molar-refractivity contribution in [2.75, 3.05) is 13.1 Å². The average Bonchev–Trinajstić information content (AvgIpc) is 2.27. The second-order valence-electron chi connectivity index (χ2n) is 4.50. The third-order valence-electron chi connectivity index (χ3n) is 3.14. The van der Waals surface area contributed by atoms with Crippen LogP contribution in [0, 0.1) is 5.92 Å².